The van der Waals surface area contributed by atoms with Gasteiger partial charge in [-0.05, 0) is 38.9 Å². The van der Waals surface area contributed by atoms with Gasteiger partial charge in [-0.3, -0.25) is 4.90 Å². The quantitative estimate of drug-likeness (QED) is 0.833. The van der Waals surface area contributed by atoms with Gasteiger partial charge in [0.1, 0.15) is 0 Å². The third kappa shape index (κ3) is 3.70. The Hall–Kier alpha value is -1.68. The zero-order valence-electron chi connectivity index (χ0n) is 13.8. The number of benzene rings is 1. The molecule has 1 aromatic carbocycles. The summed E-state index contributed by atoms with van der Waals surface area (Å²) < 4.78 is 5.39. The Morgan fingerprint density at radius 2 is 1.90 bits per heavy atom. The number of hydrogen-bond acceptors (Lipinski definition) is 4. The number of nitrogens with zero attached hydrogens (tertiary/aromatic N) is 3. The van der Waals surface area contributed by atoms with Crippen LogP contribution in [-0.4, -0.2) is 22.1 Å². The molecule has 4 nitrogen and oxygen atoms in total. The van der Waals surface area contributed by atoms with Gasteiger partial charge in [-0.25, -0.2) is 0 Å². The molecular formula is C17H25N3O. The van der Waals surface area contributed by atoms with E-state index in [-0.39, 0.29) is 6.04 Å². The third-order valence-electron chi connectivity index (χ3n) is 3.91. The van der Waals surface area contributed by atoms with Gasteiger partial charge >= 0.3 is 0 Å². The van der Waals surface area contributed by atoms with Crippen molar-refractivity contribution in [1.29, 1.82) is 0 Å². The van der Waals surface area contributed by atoms with Crippen LogP contribution in [0.4, 0.5) is 0 Å². The van der Waals surface area contributed by atoms with Crippen molar-refractivity contribution in [1.82, 2.24) is 15.0 Å². The van der Waals surface area contributed by atoms with E-state index in [9.17, 15) is 0 Å². The third-order valence-corrected chi connectivity index (χ3v) is 3.91. The molecule has 0 aliphatic heterocycles. The summed E-state index contributed by atoms with van der Waals surface area (Å²) in [5, 5.41) is 4.04. The molecule has 0 fully saturated rings. The average molecular weight is 287 g/mol. The molecule has 1 heterocycles. The molecule has 0 amide bonds. The molecule has 0 bridgehead atoms. The number of rotatable bonds is 5. The minimum absolute atomic E-state index is 0.103. The van der Waals surface area contributed by atoms with Gasteiger partial charge in [0.2, 0.25) is 5.89 Å². The van der Waals surface area contributed by atoms with Crippen molar-refractivity contribution in [2.24, 2.45) is 0 Å². The van der Waals surface area contributed by atoms with Crippen LogP contribution < -0.4 is 0 Å². The molecule has 4 heteroatoms. The minimum Gasteiger partial charge on any atom is -0.338 e. The van der Waals surface area contributed by atoms with E-state index in [1.807, 2.05) is 0 Å². The van der Waals surface area contributed by atoms with Gasteiger partial charge in [0.15, 0.2) is 5.82 Å². The molecule has 0 aliphatic rings. The van der Waals surface area contributed by atoms with Crippen molar-refractivity contribution in [2.75, 3.05) is 7.05 Å². The van der Waals surface area contributed by atoms with Crippen molar-refractivity contribution in [3.63, 3.8) is 0 Å². The van der Waals surface area contributed by atoms with Crippen molar-refractivity contribution < 1.29 is 4.52 Å². The summed E-state index contributed by atoms with van der Waals surface area (Å²) in [7, 11) is 2.09. The molecule has 1 aromatic heterocycles. The predicted molar refractivity (Wildman–Crippen MR) is 84.2 cm³/mol. The van der Waals surface area contributed by atoms with Crippen LogP contribution in [0.3, 0.4) is 0 Å². The number of aromatic nitrogens is 2. The first-order valence-corrected chi connectivity index (χ1v) is 7.48. The molecule has 114 valence electrons. The van der Waals surface area contributed by atoms with E-state index in [1.54, 1.807) is 0 Å². The lowest BCUT2D eigenvalue weighted by molar-refractivity contribution is 0.202. The highest BCUT2D eigenvalue weighted by Crippen LogP contribution is 2.22. The minimum atomic E-state index is 0.103. The SMILES string of the molecule is Cc1ccc(CN(C)[C@@H](C)c2nc(C(C)C)no2)c(C)c1. The fourth-order valence-electron chi connectivity index (χ4n) is 2.27. The summed E-state index contributed by atoms with van der Waals surface area (Å²) in [6.07, 6.45) is 0. The first-order valence-electron chi connectivity index (χ1n) is 7.48. The fourth-order valence-corrected chi connectivity index (χ4v) is 2.27. The van der Waals surface area contributed by atoms with E-state index in [1.165, 1.54) is 16.7 Å². The highest BCUT2D eigenvalue weighted by Gasteiger charge is 2.20. The molecule has 0 N–H and O–H groups in total. The van der Waals surface area contributed by atoms with E-state index in [2.05, 4.69) is 74.9 Å². The summed E-state index contributed by atoms with van der Waals surface area (Å²) in [5.74, 6) is 1.75. The molecule has 0 saturated carbocycles. The fraction of sp³-hybridized carbons (Fsp3) is 0.529. The second-order valence-corrected chi connectivity index (χ2v) is 6.17. The molecule has 0 radical (unpaired) electrons. The van der Waals surface area contributed by atoms with Crippen LogP contribution in [-0.2, 0) is 6.54 Å². The topological polar surface area (TPSA) is 42.2 Å². The van der Waals surface area contributed by atoms with Crippen LogP contribution in [0.5, 0.6) is 0 Å². The zero-order valence-corrected chi connectivity index (χ0v) is 13.8. The van der Waals surface area contributed by atoms with Crippen LogP contribution in [0, 0.1) is 13.8 Å². The van der Waals surface area contributed by atoms with Crippen LogP contribution in [0.15, 0.2) is 22.7 Å². The molecule has 0 spiro atoms. The van der Waals surface area contributed by atoms with Crippen LogP contribution in [0.2, 0.25) is 0 Å². The molecule has 0 aliphatic carbocycles. The lowest BCUT2D eigenvalue weighted by Gasteiger charge is -2.22. The smallest absolute Gasteiger partial charge is 0.243 e. The largest absolute Gasteiger partial charge is 0.338 e. The lowest BCUT2D eigenvalue weighted by Crippen LogP contribution is -2.22. The van der Waals surface area contributed by atoms with Gasteiger partial charge in [-0.1, -0.05) is 42.8 Å². The highest BCUT2D eigenvalue weighted by molar-refractivity contribution is 5.30. The van der Waals surface area contributed by atoms with Crippen LogP contribution >= 0.6 is 0 Å². The van der Waals surface area contributed by atoms with E-state index < -0.39 is 0 Å². The maximum absolute atomic E-state index is 5.39. The normalized spacial score (nSPS) is 13.1. The average Bonchev–Trinajstić information content (AvgIpc) is 2.90. The maximum atomic E-state index is 5.39. The van der Waals surface area contributed by atoms with E-state index in [0.29, 0.717) is 11.8 Å². The van der Waals surface area contributed by atoms with Gasteiger partial charge in [-0.15, -0.1) is 0 Å². The Morgan fingerprint density at radius 3 is 2.48 bits per heavy atom. The second-order valence-electron chi connectivity index (χ2n) is 6.17. The Kier molecular flexibility index (Phi) is 4.78. The summed E-state index contributed by atoms with van der Waals surface area (Å²) in [6.45, 7) is 11.4. The monoisotopic (exact) mass is 287 g/mol. The Bertz CT molecular complexity index is 604. The van der Waals surface area contributed by atoms with Gasteiger partial charge < -0.3 is 4.52 Å². The van der Waals surface area contributed by atoms with Crippen molar-refractivity contribution in [3.05, 3.63) is 46.6 Å². The second kappa shape index (κ2) is 6.39. The standard InChI is InChI=1S/C17H25N3O/c1-11(2)16-18-17(21-19-16)14(5)20(6)10-15-8-7-12(3)9-13(15)4/h7-9,11,14H,10H2,1-6H3/t14-/m0/s1. The number of aryl methyl sites for hydroxylation is 2. The summed E-state index contributed by atoms with van der Waals surface area (Å²) in [4.78, 5) is 6.72. The van der Waals surface area contributed by atoms with Crippen LogP contribution in [0.1, 0.15) is 61.1 Å². The van der Waals surface area contributed by atoms with Crippen molar-refractivity contribution in [2.45, 2.75) is 53.1 Å². The predicted octanol–water partition coefficient (Wildman–Crippen LogP) is 4.00. The Labute approximate surface area is 127 Å². The zero-order chi connectivity index (χ0) is 15.6. The van der Waals surface area contributed by atoms with Crippen LogP contribution in [0.25, 0.3) is 0 Å². The Balaban J connectivity index is 2.09. The molecule has 2 aromatic rings. The molecule has 0 saturated heterocycles. The first kappa shape index (κ1) is 15.7. The van der Waals surface area contributed by atoms with Gasteiger partial charge in [0, 0.05) is 12.5 Å². The summed E-state index contributed by atoms with van der Waals surface area (Å²) >= 11 is 0. The lowest BCUT2D eigenvalue weighted by atomic mass is 10.0. The number of hydrogen-bond donors (Lipinski definition) is 0. The van der Waals surface area contributed by atoms with Crippen molar-refractivity contribution >= 4 is 0 Å². The molecule has 21 heavy (non-hydrogen) atoms. The first-order chi connectivity index (χ1) is 9.88. The van der Waals surface area contributed by atoms with Gasteiger partial charge in [0.25, 0.3) is 0 Å². The molecular weight excluding hydrogens is 262 g/mol. The van der Waals surface area contributed by atoms with E-state index in [4.69, 9.17) is 4.52 Å². The molecule has 2 rings (SSSR count). The molecule has 1 atom stereocenters. The summed E-state index contributed by atoms with van der Waals surface area (Å²) in [5.41, 5.74) is 3.95. The van der Waals surface area contributed by atoms with Crippen molar-refractivity contribution in [3.8, 4) is 0 Å². The van der Waals surface area contributed by atoms with E-state index >= 15 is 0 Å². The highest BCUT2D eigenvalue weighted by atomic mass is 16.5. The maximum Gasteiger partial charge on any atom is 0.243 e. The van der Waals surface area contributed by atoms with E-state index in [0.717, 1.165) is 12.4 Å². The molecule has 0 unspecified atom stereocenters. The van der Waals surface area contributed by atoms with Gasteiger partial charge in [-0.2, -0.15) is 4.98 Å². The Morgan fingerprint density at radius 1 is 1.19 bits per heavy atom. The van der Waals surface area contributed by atoms with Gasteiger partial charge in [0.05, 0.1) is 6.04 Å². The summed E-state index contributed by atoms with van der Waals surface area (Å²) in [6, 6.07) is 6.67.